The molecular formula is C9H12N4O. The zero-order valence-electron chi connectivity index (χ0n) is 7.64. The Labute approximate surface area is 80.7 Å². The number of aromatic amines is 1. The average Bonchev–Trinajstić information content (AvgIpc) is 2.75. The third-order valence-corrected chi connectivity index (χ3v) is 2.71. The minimum absolute atomic E-state index is 0.0108. The first kappa shape index (κ1) is 8.02. The Kier molecular flexibility index (Phi) is 1.62. The maximum Gasteiger partial charge on any atom is 0.153 e. The highest BCUT2D eigenvalue weighted by Gasteiger charge is 2.28. The highest BCUT2D eigenvalue weighted by atomic mass is 16.3. The van der Waals surface area contributed by atoms with Crippen LogP contribution in [0.2, 0.25) is 0 Å². The van der Waals surface area contributed by atoms with Gasteiger partial charge in [0.1, 0.15) is 0 Å². The molecule has 1 saturated heterocycles. The number of rotatable bonds is 1. The van der Waals surface area contributed by atoms with E-state index in [-0.39, 0.29) is 12.1 Å². The molecule has 0 aliphatic carbocycles. The summed E-state index contributed by atoms with van der Waals surface area (Å²) in [5, 5.41) is 15.9. The molecule has 14 heavy (non-hydrogen) atoms. The van der Waals surface area contributed by atoms with Crippen LogP contribution in [0.4, 0.5) is 0 Å². The molecule has 74 valence electrons. The lowest BCUT2D eigenvalue weighted by molar-refractivity contribution is 0.158. The molecule has 5 heteroatoms. The highest BCUT2D eigenvalue weighted by molar-refractivity contribution is 5.38. The van der Waals surface area contributed by atoms with E-state index in [0.29, 0.717) is 0 Å². The summed E-state index contributed by atoms with van der Waals surface area (Å²) in [4.78, 5) is 4.41. The summed E-state index contributed by atoms with van der Waals surface area (Å²) in [6.07, 6.45) is 4.25. The van der Waals surface area contributed by atoms with Crippen LogP contribution in [0.15, 0.2) is 18.5 Å². The third kappa shape index (κ3) is 1.06. The molecule has 2 aromatic heterocycles. The van der Waals surface area contributed by atoms with Crippen LogP contribution in [-0.4, -0.2) is 32.4 Å². The molecule has 2 aromatic rings. The van der Waals surface area contributed by atoms with Crippen molar-refractivity contribution in [1.29, 1.82) is 0 Å². The van der Waals surface area contributed by atoms with Crippen molar-refractivity contribution in [2.24, 2.45) is 0 Å². The van der Waals surface area contributed by atoms with Crippen LogP contribution in [0.5, 0.6) is 0 Å². The predicted molar refractivity (Wildman–Crippen MR) is 50.9 cm³/mol. The normalized spacial score (nSPS) is 27.5. The second-order valence-electron chi connectivity index (χ2n) is 3.64. The first-order valence-electron chi connectivity index (χ1n) is 4.78. The first-order chi connectivity index (χ1) is 6.84. The number of hydrogen-bond donors (Lipinski definition) is 3. The van der Waals surface area contributed by atoms with E-state index in [1.54, 1.807) is 0 Å². The molecule has 0 spiro atoms. The van der Waals surface area contributed by atoms with Gasteiger partial charge in [-0.15, -0.1) is 0 Å². The molecule has 1 fully saturated rings. The Morgan fingerprint density at radius 3 is 3.21 bits per heavy atom. The summed E-state index contributed by atoms with van der Waals surface area (Å²) in [5.41, 5.74) is 1.79. The maximum atomic E-state index is 9.68. The van der Waals surface area contributed by atoms with E-state index in [4.69, 9.17) is 0 Å². The molecule has 0 saturated carbocycles. The maximum absolute atomic E-state index is 9.68. The number of aliphatic hydroxyl groups is 1. The van der Waals surface area contributed by atoms with Crippen molar-refractivity contribution in [3.05, 3.63) is 24.2 Å². The second-order valence-corrected chi connectivity index (χ2v) is 3.64. The molecule has 3 heterocycles. The van der Waals surface area contributed by atoms with Gasteiger partial charge in [0.25, 0.3) is 0 Å². The molecule has 2 atom stereocenters. The molecule has 0 amide bonds. The van der Waals surface area contributed by atoms with Crippen LogP contribution >= 0.6 is 0 Å². The lowest BCUT2D eigenvalue weighted by Gasteiger charge is -2.10. The van der Waals surface area contributed by atoms with Crippen LogP contribution in [0.3, 0.4) is 0 Å². The zero-order valence-corrected chi connectivity index (χ0v) is 7.64. The Morgan fingerprint density at radius 1 is 1.57 bits per heavy atom. The number of hydrogen-bond acceptors (Lipinski definition) is 3. The quantitative estimate of drug-likeness (QED) is 0.598. The molecular weight excluding hydrogens is 180 g/mol. The van der Waals surface area contributed by atoms with Crippen LogP contribution in [0, 0.1) is 0 Å². The van der Waals surface area contributed by atoms with Gasteiger partial charge in [0, 0.05) is 12.3 Å². The summed E-state index contributed by atoms with van der Waals surface area (Å²) < 4.78 is 1.85. The fourth-order valence-corrected chi connectivity index (χ4v) is 1.97. The number of H-pyrrole nitrogens is 1. The van der Waals surface area contributed by atoms with Crippen LogP contribution in [-0.2, 0) is 0 Å². The van der Waals surface area contributed by atoms with Gasteiger partial charge in [0.15, 0.2) is 5.65 Å². The van der Waals surface area contributed by atoms with Gasteiger partial charge in [0.05, 0.1) is 24.0 Å². The van der Waals surface area contributed by atoms with Crippen LogP contribution in [0.1, 0.15) is 18.2 Å². The summed E-state index contributed by atoms with van der Waals surface area (Å²) in [6.45, 7) is 0.858. The largest absolute Gasteiger partial charge is 0.391 e. The predicted octanol–water partition coefficient (Wildman–Crippen LogP) is 0.0577. The molecule has 3 N–H and O–H groups in total. The van der Waals surface area contributed by atoms with E-state index in [1.807, 2.05) is 23.0 Å². The Hall–Kier alpha value is -1.33. The summed E-state index contributed by atoms with van der Waals surface area (Å²) >= 11 is 0. The van der Waals surface area contributed by atoms with Crippen molar-refractivity contribution in [3.63, 3.8) is 0 Å². The molecule has 0 radical (unpaired) electrons. The van der Waals surface area contributed by atoms with Gasteiger partial charge >= 0.3 is 0 Å². The number of nitrogens with one attached hydrogen (secondary N) is 2. The van der Waals surface area contributed by atoms with Crippen molar-refractivity contribution in [2.75, 3.05) is 6.54 Å². The van der Waals surface area contributed by atoms with Gasteiger partial charge in [0.2, 0.25) is 0 Å². The Morgan fingerprint density at radius 2 is 2.50 bits per heavy atom. The number of aromatic nitrogens is 3. The average molecular weight is 192 g/mol. The standard InChI is InChI=1S/C9H12N4O/c14-7-1-3-10-9(7)6-5-13-8(12-6)2-4-11-13/h2,4-5,7,9-11,14H,1,3H2. The number of aliphatic hydroxyl groups excluding tert-OH is 1. The minimum atomic E-state index is -0.311. The molecule has 2 unspecified atom stereocenters. The molecule has 1 aliphatic rings. The number of imidazole rings is 1. The van der Waals surface area contributed by atoms with Gasteiger partial charge in [-0.1, -0.05) is 0 Å². The molecule has 5 nitrogen and oxygen atoms in total. The lowest BCUT2D eigenvalue weighted by Crippen LogP contribution is -2.21. The Bertz CT molecular complexity index is 418. The van der Waals surface area contributed by atoms with Crippen molar-refractivity contribution in [2.45, 2.75) is 18.6 Å². The fourth-order valence-electron chi connectivity index (χ4n) is 1.97. The summed E-state index contributed by atoms with van der Waals surface area (Å²) in [6, 6.07) is 1.90. The van der Waals surface area contributed by atoms with Crippen molar-refractivity contribution in [3.8, 4) is 0 Å². The van der Waals surface area contributed by atoms with E-state index in [9.17, 15) is 5.11 Å². The molecule has 0 bridgehead atoms. The van der Waals surface area contributed by atoms with Gasteiger partial charge in [-0.2, -0.15) is 0 Å². The monoisotopic (exact) mass is 192 g/mol. The van der Waals surface area contributed by atoms with E-state index in [2.05, 4.69) is 15.4 Å². The minimum Gasteiger partial charge on any atom is -0.391 e. The smallest absolute Gasteiger partial charge is 0.153 e. The number of fused-ring (bicyclic) bond motifs is 1. The van der Waals surface area contributed by atoms with E-state index >= 15 is 0 Å². The van der Waals surface area contributed by atoms with Gasteiger partial charge < -0.3 is 15.5 Å². The zero-order chi connectivity index (χ0) is 9.54. The summed E-state index contributed by atoms with van der Waals surface area (Å²) in [5.74, 6) is 0. The number of nitrogens with zero attached hydrogens (tertiary/aromatic N) is 2. The van der Waals surface area contributed by atoms with E-state index in [1.165, 1.54) is 0 Å². The van der Waals surface area contributed by atoms with Crippen LogP contribution < -0.4 is 5.32 Å². The van der Waals surface area contributed by atoms with E-state index < -0.39 is 0 Å². The van der Waals surface area contributed by atoms with Crippen molar-refractivity contribution in [1.82, 2.24) is 19.9 Å². The lowest BCUT2D eigenvalue weighted by atomic mass is 10.1. The van der Waals surface area contributed by atoms with Crippen molar-refractivity contribution < 1.29 is 5.11 Å². The van der Waals surface area contributed by atoms with E-state index in [0.717, 1.165) is 24.3 Å². The van der Waals surface area contributed by atoms with Crippen molar-refractivity contribution >= 4 is 5.65 Å². The highest BCUT2D eigenvalue weighted by Crippen LogP contribution is 2.22. The molecule has 0 aromatic carbocycles. The van der Waals surface area contributed by atoms with Crippen LogP contribution in [0.25, 0.3) is 5.65 Å². The third-order valence-electron chi connectivity index (χ3n) is 2.71. The molecule has 1 aliphatic heterocycles. The summed E-state index contributed by atoms with van der Waals surface area (Å²) in [7, 11) is 0. The SMILES string of the molecule is OC1CCNC1c1cn2[nH]ccc2n1. The second kappa shape index (κ2) is 2.83. The van der Waals surface area contributed by atoms with Gasteiger partial charge in [-0.25, -0.2) is 9.50 Å². The van der Waals surface area contributed by atoms with Gasteiger partial charge in [-0.05, 0) is 13.0 Å². The van der Waals surface area contributed by atoms with Gasteiger partial charge in [-0.3, -0.25) is 0 Å². The molecule has 3 rings (SSSR count). The topological polar surface area (TPSA) is 65.3 Å². The first-order valence-corrected chi connectivity index (χ1v) is 4.78. The Balaban J connectivity index is 2.01. The fraction of sp³-hybridized carbons (Fsp3) is 0.444.